The highest BCUT2D eigenvalue weighted by atomic mass is 32.1. The van der Waals surface area contributed by atoms with Crippen molar-refractivity contribution in [1.29, 1.82) is 0 Å². The van der Waals surface area contributed by atoms with E-state index in [0.717, 1.165) is 72.0 Å². The van der Waals surface area contributed by atoms with Crippen molar-refractivity contribution in [2.75, 3.05) is 36.8 Å². The summed E-state index contributed by atoms with van der Waals surface area (Å²) in [6.45, 7) is 10.0. The molecule has 2 aliphatic rings. The van der Waals surface area contributed by atoms with E-state index >= 15 is 0 Å². The van der Waals surface area contributed by atoms with Crippen LogP contribution in [0.5, 0.6) is 0 Å². The van der Waals surface area contributed by atoms with Gasteiger partial charge >= 0.3 is 6.03 Å². The van der Waals surface area contributed by atoms with Crippen LogP contribution in [0.4, 0.5) is 20.6 Å². The lowest BCUT2D eigenvalue weighted by molar-refractivity contribution is -0.144. The molecule has 2 fully saturated rings. The molecule has 0 bridgehead atoms. The number of hydrogen-bond donors (Lipinski definition) is 6. The van der Waals surface area contributed by atoms with Gasteiger partial charge in [-0.3, -0.25) is 14.4 Å². The molecule has 1 unspecified atom stereocenters. The van der Waals surface area contributed by atoms with E-state index in [4.69, 9.17) is 0 Å². The fraction of sp³-hybridized carbons (Fsp3) is 0.392. The van der Waals surface area contributed by atoms with Crippen LogP contribution in [0.25, 0.3) is 10.4 Å². The minimum atomic E-state index is -0.882. The summed E-state index contributed by atoms with van der Waals surface area (Å²) in [5.41, 5.74) is 7.41. The molecule has 2 aliphatic heterocycles. The van der Waals surface area contributed by atoms with Gasteiger partial charge in [0.05, 0.1) is 34.5 Å². The van der Waals surface area contributed by atoms with Crippen LogP contribution in [0.3, 0.4) is 0 Å². The van der Waals surface area contributed by atoms with Gasteiger partial charge in [-0.15, -0.1) is 11.3 Å². The summed E-state index contributed by atoms with van der Waals surface area (Å²) in [5, 5.41) is 31.2. The van der Waals surface area contributed by atoms with Crippen molar-refractivity contribution >= 4 is 46.5 Å². The molecule has 0 saturated carbocycles. The summed E-state index contributed by atoms with van der Waals surface area (Å²) in [4.78, 5) is 70.5. The van der Waals surface area contributed by atoms with Crippen LogP contribution in [0.2, 0.25) is 0 Å². The van der Waals surface area contributed by atoms with Crippen molar-refractivity contribution in [3.05, 3.63) is 124 Å². The number of rotatable bonds is 14. The van der Waals surface area contributed by atoms with Crippen LogP contribution in [0.1, 0.15) is 92.4 Å². The molecular formula is C51H58FN9O6S. The number of likely N-dealkylation sites (tertiary alicyclic amines) is 2. The molecule has 3 aromatic heterocycles. The molecule has 5 aromatic rings. The number of aromatic nitrogens is 3. The Bertz CT molecular complexity index is 2640. The van der Waals surface area contributed by atoms with Gasteiger partial charge in [0.25, 0.3) is 0 Å². The number of halogens is 1. The standard InChI is InChI=1S/C51H58FN9O6S/c1-32-46(68-31-56-32)37-14-9-34(10-15-37)27-55-48(65)43-25-41(63)29-61(43)49(66)47(51(2,3)4)59-45(64)6-5-21-60-22-18-36(19-23-60)35-12-7-33(8-13-35)11-16-39-24-40(17-20-53-39)57-50(67)58-42-26-44(52)54-28-38(42)30-62/h7-10,12-15,17,20,24,26,28,31,36,41,43,47,62-63H,5-6,18-19,21-23,25,27,29-30H2,1-4H3,(H,55,65)(H,59,64)(H2,53,54,57,58,67)/t41-,43+,47?/m1/s1. The van der Waals surface area contributed by atoms with Gasteiger partial charge in [-0.1, -0.05) is 63.1 Å². The van der Waals surface area contributed by atoms with Crippen molar-refractivity contribution in [2.24, 2.45) is 5.41 Å². The Hall–Kier alpha value is -6.58. The predicted molar refractivity (Wildman–Crippen MR) is 259 cm³/mol. The smallest absolute Gasteiger partial charge is 0.323 e. The lowest BCUT2D eigenvalue weighted by atomic mass is 9.85. The molecule has 0 aliphatic carbocycles. The number of urea groups is 1. The molecule has 5 heterocycles. The Labute approximate surface area is 400 Å². The zero-order valence-electron chi connectivity index (χ0n) is 38.7. The SMILES string of the molecule is Cc1ncsc1-c1ccc(CNC(=O)[C@@H]2C[C@@H](O)CN2C(=O)C(NC(=O)CCCN2CCC(c3ccc(C#Cc4cc(NC(=O)Nc5cc(F)ncc5CO)ccn4)cc3)CC2)C(C)(C)C)cc1. The van der Waals surface area contributed by atoms with Crippen molar-refractivity contribution in [1.82, 2.24) is 35.4 Å². The van der Waals surface area contributed by atoms with Crippen LogP contribution in [-0.2, 0) is 27.5 Å². The third-order valence-electron chi connectivity index (χ3n) is 12.3. The normalized spacial score (nSPS) is 16.9. The molecular weight excluding hydrogens is 886 g/mol. The molecule has 2 saturated heterocycles. The topological polar surface area (TPSA) is 202 Å². The van der Waals surface area contributed by atoms with E-state index in [-0.39, 0.29) is 54.9 Å². The van der Waals surface area contributed by atoms with Gasteiger partial charge in [0.15, 0.2) is 0 Å². The van der Waals surface area contributed by atoms with Crippen molar-refractivity contribution in [2.45, 2.75) is 97.1 Å². The Kier molecular flexibility index (Phi) is 16.3. The molecule has 0 spiro atoms. The number of hydrogen-bond acceptors (Lipinski definition) is 11. The lowest BCUT2D eigenvalue weighted by Crippen LogP contribution is -2.57. The number of nitrogens with zero attached hydrogens (tertiary/aromatic N) is 5. The summed E-state index contributed by atoms with van der Waals surface area (Å²) in [5.74, 6) is 4.82. The number of nitrogens with one attached hydrogen (secondary N) is 4. The molecule has 2 aromatic carbocycles. The number of piperidine rings is 1. The second-order valence-corrected chi connectivity index (χ2v) is 19.2. The van der Waals surface area contributed by atoms with Crippen LogP contribution < -0.4 is 21.3 Å². The highest BCUT2D eigenvalue weighted by Gasteiger charge is 2.44. The fourth-order valence-corrected chi connectivity index (χ4v) is 9.31. The first kappa shape index (κ1) is 49.3. The lowest BCUT2D eigenvalue weighted by Gasteiger charge is -2.35. The molecule has 15 nitrogen and oxygen atoms in total. The van der Waals surface area contributed by atoms with Gasteiger partial charge in [-0.2, -0.15) is 4.39 Å². The third kappa shape index (κ3) is 13.1. The predicted octanol–water partition coefficient (Wildman–Crippen LogP) is 6.35. The van der Waals surface area contributed by atoms with E-state index in [9.17, 15) is 33.8 Å². The minimum absolute atomic E-state index is 0.0153. The number of aliphatic hydroxyl groups excluding tert-OH is 2. The number of β-amino-alcohol motifs (C(OH)–C–C–N with tert-alkyl or cyclic N) is 1. The van der Waals surface area contributed by atoms with Crippen molar-refractivity contribution in [3.63, 3.8) is 0 Å². The Morgan fingerprint density at radius 1 is 0.956 bits per heavy atom. The first-order valence-corrected chi connectivity index (χ1v) is 23.7. The summed E-state index contributed by atoms with van der Waals surface area (Å²) < 4.78 is 13.6. The maximum absolute atomic E-state index is 14.1. The summed E-state index contributed by atoms with van der Waals surface area (Å²) in [6.07, 6.45) is 4.78. The Balaban J connectivity index is 0.837. The zero-order valence-corrected chi connectivity index (χ0v) is 39.5. The number of carbonyl (C=O) groups excluding carboxylic acids is 4. The quantitative estimate of drug-likeness (QED) is 0.0538. The first-order valence-electron chi connectivity index (χ1n) is 22.8. The molecule has 17 heteroatoms. The van der Waals surface area contributed by atoms with Gasteiger partial charge in [-0.25, -0.2) is 19.7 Å². The highest BCUT2D eigenvalue weighted by Crippen LogP contribution is 2.30. The van der Waals surface area contributed by atoms with E-state index in [1.54, 1.807) is 23.5 Å². The number of anilines is 2. The number of carbonyl (C=O) groups is 4. The molecule has 356 valence electrons. The maximum Gasteiger partial charge on any atom is 0.323 e. The largest absolute Gasteiger partial charge is 0.392 e. The molecule has 5 amide bonds. The van der Waals surface area contributed by atoms with Crippen LogP contribution >= 0.6 is 11.3 Å². The monoisotopic (exact) mass is 943 g/mol. The van der Waals surface area contributed by atoms with E-state index in [1.165, 1.54) is 16.7 Å². The van der Waals surface area contributed by atoms with Gasteiger partial charge in [-0.05, 0) is 104 Å². The van der Waals surface area contributed by atoms with Gasteiger partial charge in [0.1, 0.15) is 17.8 Å². The third-order valence-corrected chi connectivity index (χ3v) is 13.3. The summed E-state index contributed by atoms with van der Waals surface area (Å²) >= 11 is 1.58. The van der Waals surface area contributed by atoms with Crippen LogP contribution in [0, 0.1) is 30.1 Å². The van der Waals surface area contributed by atoms with Crippen LogP contribution in [-0.4, -0.2) is 103 Å². The van der Waals surface area contributed by atoms with Gasteiger partial charge in [0, 0.05) is 61.2 Å². The van der Waals surface area contributed by atoms with Crippen molar-refractivity contribution < 1.29 is 33.8 Å². The van der Waals surface area contributed by atoms with E-state index in [1.807, 2.05) is 69.6 Å². The fourth-order valence-electron chi connectivity index (χ4n) is 8.50. The average molecular weight is 944 g/mol. The van der Waals surface area contributed by atoms with Crippen molar-refractivity contribution in [3.8, 4) is 22.3 Å². The van der Waals surface area contributed by atoms with Gasteiger partial charge in [0.2, 0.25) is 23.7 Å². The van der Waals surface area contributed by atoms with Gasteiger partial charge < -0.3 is 41.3 Å². The number of aliphatic hydroxyl groups is 2. The number of pyridine rings is 2. The molecule has 68 heavy (non-hydrogen) atoms. The molecule has 7 rings (SSSR count). The molecule has 3 atom stereocenters. The highest BCUT2D eigenvalue weighted by molar-refractivity contribution is 7.13. The summed E-state index contributed by atoms with van der Waals surface area (Å²) in [7, 11) is 0. The zero-order chi connectivity index (χ0) is 48.4. The Morgan fingerprint density at radius 2 is 1.71 bits per heavy atom. The number of thiazole rings is 1. The van der Waals surface area contributed by atoms with E-state index in [0.29, 0.717) is 23.7 Å². The second-order valence-electron chi connectivity index (χ2n) is 18.4. The molecule has 0 radical (unpaired) electrons. The molecule has 6 N–H and O–H groups in total. The average Bonchev–Trinajstić information content (AvgIpc) is 3.94. The maximum atomic E-state index is 14.1. The number of aryl methyl sites for hydroxylation is 1. The Morgan fingerprint density at radius 3 is 2.40 bits per heavy atom. The minimum Gasteiger partial charge on any atom is -0.392 e. The summed E-state index contributed by atoms with van der Waals surface area (Å²) in [6, 6.07) is 18.0. The van der Waals surface area contributed by atoms with E-state index in [2.05, 4.69) is 65.1 Å². The number of benzene rings is 2. The first-order chi connectivity index (χ1) is 32.6. The number of amides is 5. The second kappa shape index (κ2) is 22.5. The van der Waals surface area contributed by atoms with Crippen LogP contribution in [0.15, 0.2) is 84.6 Å². The van der Waals surface area contributed by atoms with E-state index < -0.39 is 42.2 Å².